The lowest BCUT2D eigenvalue weighted by atomic mass is 10.1. The Morgan fingerprint density at radius 2 is 1.89 bits per heavy atom. The van der Waals surface area contributed by atoms with Crippen molar-refractivity contribution in [1.29, 1.82) is 0 Å². The number of hydrogen-bond donors (Lipinski definition) is 2. The molecule has 28 heavy (non-hydrogen) atoms. The van der Waals surface area contributed by atoms with Gasteiger partial charge in [0.1, 0.15) is 0 Å². The average molecular weight is 409 g/mol. The minimum absolute atomic E-state index is 0.0150. The monoisotopic (exact) mass is 409 g/mol. The largest absolute Gasteiger partial charge is 0.494 e. The number of methoxy groups -OCH3 is 1. The summed E-state index contributed by atoms with van der Waals surface area (Å²) in [5.41, 5.74) is 1.47. The number of halogens is 1. The van der Waals surface area contributed by atoms with Crippen LogP contribution in [0.25, 0.3) is 0 Å². The molecule has 0 aromatic heterocycles. The van der Waals surface area contributed by atoms with Gasteiger partial charge in [0, 0.05) is 6.54 Å². The highest BCUT2D eigenvalue weighted by atomic mass is 32.2. The van der Waals surface area contributed by atoms with Gasteiger partial charge in [-0.3, -0.25) is 9.69 Å². The predicted molar refractivity (Wildman–Crippen MR) is 104 cm³/mol. The van der Waals surface area contributed by atoms with Gasteiger partial charge in [0.25, 0.3) is 0 Å². The number of carbonyl (C=O) groups excluding carboxylic acids is 1. The van der Waals surface area contributed by atoms with E-state index in [-0.39, 0.29) is 29.1 Å². The maximum atomic E-state index is 13.8. The van der Waals surface area contributed by atoms with Gasteiger partial charge in [0.15, 0.2) is 11.6 Å². The van der Waals surface area contributed by atoms with E-state index in [1.54, 1.807) is 43.1 Å². The van der Waals surface area contributed by atoms with Crippen LogP contribution in [-0.4, -0.2) is 39.9 Å². The molecule has 2 aromatic rings. The molecule has 0 saturated carbocycles. The Kier molecular flexibility index (Phi) is 7.11. The maximum Gasteiger partial charge on any atom is 0.238 e. The van der Waals surface area contributed by atoms with Crippen LogP contribution in [0.3, 0.4) is 0 Å². The maximum absolute atomic E-state index is 13.8. The molecular weight excluding hydrogens is 385 g/mol. The van der Waals surface area contributed by atoms with Crippen LogP contribution in [0.1, 0.15) is 24.1 Å². The molecule has 1 amide bonds. The smallest absolute Gasteiger partial charge is 0.238 e. The molecule has 0 aliphatic rings. The molecule has 0 saturated heterocycles. The molecule has 152 valence electrons. The number of nitrogens with zero attached hydrogens (tertiary/aromatic N) is 1. The van der Waals surface area contributed by atoms with Crippen molar-refractivity contribution in [2.24, 2.45) is 5.14 Å². The molecule has 2 aromatic carbocycles. The van der Waals surface area contributed by atoms with Gasteiger partial charge in [-0.1, -0.05) is 18.2 Å². The molecule has 0 radical (unpaired) electrons. The molecule has 2 rings (SSSR count). The summed E-state index contributed by atoms with van der Waals surface area (Å²) >= 11 is 0. The molecule has 0 unspecified atom stereocenters. The fourth-order valence-electron chi connectivity index (χ4n) is 2.74. The number of sulfonamides is 1. The standard InChI is InChI=1S/C19H24FN3O4S/c1-13(15-5-7-16(8-6-15)28(21,25)26)22-19(24)12-23(2)11-14-4-9-18(27-3)17(20)10-14/h4-10,13H,11-12H2,1-3H3,(H,22,24)(H2,21,25,26)/t13-/m0/s1. The van der Waals surface area contributed by atoms with Gasteiger partial charge in [-0.2, -0.15) is 0 Å². The SMILES string of the molecule is COc1ccc(CN(C)CC(=O)N[C@@H](C)c2ccc(S(N)(=O)=O)cc2)cc1F. The summed E-state index contributed by atoms with van der Waals surface area (Å²) in [4.78, 5) is 14.0. The third-order valence-electron chi connectivity index (χ3n) is 4.17. The van der Waals surface area contributed by atoms with Crippen LogP contribution < -0.4 is 15.2 Å². The zero-order valence-corrected chi connectivity index (χ0v) is 16.8. The quantitative estimate of drug-likeness (QED) is 0.692. The number of likely N-dealkylation sites (N-methyl/N-ethyl adjacent to an activating group) is 1. The molecule has 7 nitrogen and oxygen atoms in total. The van der Waals surface area contributed by atoms with Gasteiger partial charge in [-0.15, -0.1) is 0 Å². The average Bonchev–Trinajstić information content (AvgIpc) is 2.61. The van der Waals surface area contributed by atoms with E-state index in [1.807, 2.05) is 0 Å². The van der Waals surface area contributed by atoms with E-state index in [2.05, 4.69) is 5.32 Å². The molecule has 0 aliphatic heterocycles. The normalized spacial score (nSPS) is 12.6. The highest BCUT2D eigenvalue weighted by molar-refractivity contribution is 7.89. The molecule has 0 fully saturated rings. The number of benzene rings is 2. The van der Waals surface area contributed by atoms with Crippen molar-refractivity contribution in [2.45, 2.75) is 24.4 Å². The summed E-state index contributed by atoms with van der Waals surface area (Å²) in [5.74, 6) is -0.486. The Hall–Kier alpha value is -2.49. The van der Waals surface area contributed by atoms with Crippen molar-refractivity contribution in [2.75, 3.05) is 20.7 Å². The predicted octanol–water partition coefficient (Wildman–Crippen LogP) is 1.79. The molecule has 0 aliphatic carbocycles. The van der Waals surface area contributed by atoms with Crippen LogP contribution in [0, 0.1) is 5.82 Å². The Labute approximate surface area is 164 Å². The highest BCUT2D eigenvalue weighted by Gasteiger charge is 2.14. The van der Waals surface area contributed by atoms with Crippen molar-refractivity contribution in [3.63, 3.8) is 0 Å². The number of nitrogens with two attached hydrogens (primary N) is 1. The van der Waals surface area contributed by atoms with Crippen LogP contribution in [-0.2, 0) is 21.4 Å². The zero-order chi connectivity index (χ0) is 20.9. The second-order valence-electron chi connectivity index (χ2n) is 6.54. The number of hydrogen-bond acceptors (Lipinski definition) is 5. The number of amides is 1. The van der Waals surface area contributed by atoms with E-state index < -0.39 is 15.8 Å². The summed E-state index contributed by atoms with van der Waals surface area (Å²) in [6.45, 7) is 2.31. The van der Waals surface area contributed by atoms with Gasteiger partial charge >= 0.3 is 0 Å². The number of primary sulfonamides is 1. The van der Waals surface area contributed by atoms with Gasteiger partial charge in [-0.05, 0) is 49.4 Å². The Morgan fingerprint density at radius 1 is 1.25 bits per heavy atom. The summed E-state index contributed by atoms with van der Waals surface area (Å²) in [7, 11) is -0.592. The zero-order valence-electron chi connectivity index (χ0n) is 16.0. The van der Waals surface area contributed by atoms with Crippen LogP contribution in [0.2, 0.25) is 0 Å². The third kappa shape index (κ3) is 6.01. The van der Waals surface area contributed by atoms with Gasteiger partial charge < -0.3 is 10.1 Å². The van der Waals surface area contributed by atoms with E-state index in [1.165, 1.54) is 25.3 Å². The van der Waals surface area contributed by atoms with E-state index in [4.69, 9.17) is 9.88 Å². The molecule has 0 heterocycles. The summed E-state index contributed by atoms with van der Waals surface area (Å²) in [5, 5.41) is 7.92. The van der Waals surface area contributed by atoms with Crippen LogP contribution >= 0.6 is 0 Å². The molecular formula is C19H24FN3O4S. The van der Waals surface area contributed by atoms with Gasteiger partial charge in [0.2, 0.25) is 15.9 Å². The molecule has 9 heteroatoms. The lowest BCUT2D eigenvalue weighted by molar-refractivity contribution is -0.122. The van der Waals surface area contributed by atoms with Crippen molar-refractivity contribution in [3.05, 3.63) is 59.4 Å². The van der Waals surface area contributed by atoms with Crippen LogP contribution in [0.5, 0.6) is 5.75 Å². The van der Waals surface area contributed by atoms with Crippen molar-refractivity contribution >= 4 is 15.9 Å². The summed E-state index contributed by atoms with van der Waals surface area (Å²) in [6.07, 6.45) is 0. The first-order chi connectivity index (χ1) is 13.1. The van der Waals surface area contributed by atoms with Crippen molar-refractivity contribution < 1.29 is 22.3 Å². The lowest BCUT2D eigenvalue weighted by Crippen LogP contribution is -2.36. The second-order valence-corrected chi connectivity index (χ2v) is 8.11. The Morgan fingerprint density at radius 3 is 2.43 bits per heavy atom. The van der Waals surface area contributed by atoms with Crippen LogP contribution in [0.15, 0.2) is 47.4 Å². The molecule has 0 bridgehead atoms. The Bertz CT molecular complexity index is 933. The van der Waals surface area contributed by atoms with Crippen molar-refractivity contribution in [1.82, 2.24) is 10.2 Å². The fourth-order valence-corrected chi connectivity index (χ4v) is 3.25. The van der Waals surface area contributed by atoms with E-state index in [9.17, 15) is 17.6 Å². The van der Waals surface area contributed by atoms with Crippen LogP contribution in [0.4, 0.5) is 4.39 Å². The first kappa shape index (κ1) is 21.8. The topological polar surface area (TPSA) is 102 Å². The Balaban J connectivity index is 1.91. The molecule has 0 spiro atoms. The number of nitrogens with one attached hydrogen (secondary N) is 1. The number of carbonyl (C=O) groups is 1. The minimum atomic E-state index is -3.75. The molecule has 3 N–H and O–H groups in total. The van der Waals surface area contributed by atoms with Crippen molar-refractivity contribution in [3.8, 4) is 5.75 Å². The molecule has 1 atom stereocenters. The minimum Gasteiger partial charge on any atom is -0.494 e. The van der Waals surface area contributed by atoms with E-state index in [0.717, 1.165) is 11.1 Å². The summed E-state index contributed by atoms with van der Waals surface area (Å²) < 4.78 is 41.2. The van der Waals surface area contributed by atoms with Gasteiger partial charge in [-0.25, -0.2) is 17.9 Å². The first-order valence-electron chi connectivity index (χ1n) is 8.53. The lowest BCUT2D eigenvalue weighted by Gasteiger charge is -2.19. The summed E-state index contributed by atoms with van der Waals surface area (Å²) in [6, 6.07) is 10.4. The van der Waals surface area contributed by atoms with E-state index >= 15 is 0 Å². The van der Waals surface area contributed by atoms with Gasteiger partial charge in [0.05, 0.1) is 24.6 Å². The highest BCUT2D eigenvalue weighted by Crippen LogP contribution is 2.19. The first-order valence-corrected chi connectivity index (χ1v) is 10.1. The van der Waals surface area contributed by atoms with E-state index in [0.29, 0.717) is 6.54 Å². The number of ether oxygens (including phenoxy) is 1. The third-order valence-corrected chi connectivity index (χ3v) is 5.10. The second kappa shape index (κ2) is 9.13. The number of rotatable bonds is 8. The fraction of sp³-hybridized carbons (Fsp3) is 0.316.